The first-order chi connectivity index (χ1) is 14.8. The molecule has 9 heteroatoms. The van der Waals surface area contributed by atoms with Gasteiger partial charge in [-0.2, -0.15) is 5.10 Å². The van der Waals surface area contributed by atoms with Crippen molar-refractivity contribution in [3.05, 3.63) is 45.9 Å². The van der Waals surface area contributed by atoms with E-state index in [1.54, 1.807) is 15.4 Å². The number of nitrogens with one attached hydrogen (secondary N) is 1. The Balaban J connectivity index is 1.57. The van der Waals surface area contributed by atoms with Gasteiger partial charge in [-0.25, -0.2) is 9.67 Å². The van der Waals surface area contributed by atoms with E-state index in [1.807, 2.05) is 32.3 Å². The Morgan fingerprint density at radius 2 is 2.10 bits per heavy atom. The number of aromatic nitrogens is 4. The predicted octanol–water partition coefficient (Wildman–Crippen LogP) is 2.30. The van der Waals surface area contributed by atoms with E-state index < -0.39 is 0 Å². The fourth-order valence-corrected chi connectivity index (χ4v) is 4.87. The van der Waals surface area contributed by atoms with Crippen molar-refractivity contribution in [2.75, 3.05) is 32.9 Å². The van der Waals surface area contributed by atoms with Crippen LogP contribution in [-0.4, -0.2) is 63.1 Å². The molecule has 1 amide bonds. The highest BCUT2D eigenvalue weighted by molar-refractivity contribution is 7.99. The molecule has 1 N–H and O–H groups in total. The van der Waals surface area contributed by atoms with Crippen molar-refractivity contribution in [2.45, 2.75) is 37.9 Å². The molecule has 31 heavy (non-hydrogen) atoms. The molecule has 0 saturated carbocycles. The smallest absolute Gasteiger partial charge is 0.265 e. The highest BCUT2D eigenvalue weighted by atomic mass is 32.2. The Labute approximate surface area is 185 Å². The maximum Gasteiger partial charge on any atom is 0.265 e. The van der Waals surface area contributed by atoms with Crippen LogP contribution < -0.4 is 10.9 Å². The number of thioether (sulfide) groups is 1. The highest BCUT2D eigenvalue weighted by Crippen LogP contribution is 2.33. The Hall–Kier alpha value is -2.65. The molecule has 0 bridgehead atoms. The quantitative estimate of drug-likeness (QED) is 0.448. The minimum Gasteiger partial charge on any atom is -0.356 e. The van der Waals surface area contributed by atoms with Crippen LogP contribution in [0.2, 0.25) is 0 Å². The summed E-state index contributed by atoms with van der Waals surface area (Å²) in [6.07, 6.45) is 2.75. The van der Waals surface area contributed by atoms with Gasteiger partial charge >= 0.3 is 0 Å². The Morgan fingerprint density at radius 1 is 1.29 bits per heavy atom. The van der Waals surface area contributed by atoms with Gasteiger partial charge in [0.15, 0.2) is 10.8 Å². The molecular weight excluding hydrogens is 412 g/mol. The minimum absolute atomic E-state index is 0.0324. The second-order valence-electron chi connectivity index (χ2n) is 8.31. The van der Waals surface area contributed by atoms with E-state index in [0.29, 0.717) is 28.5 Å². The van der Waals surface area contributed by atoms with Gasteiger partial charge in [0.25, 0.3) is 5.56 Å². The molecule has 0 radical (unpaired) electrons. The maximum atomic E-state index is 13.2. The second-order valence-corrected chi connectivity index (χ2v) is 9.29. The van der Waals surface area contributed by atoms with Gasteiger partial charge in [0.2, 0.25) is 5.91 Å². The van der Waals surface area contributed by atoms with Crippen LogP contribution in [0.15, 0.2) is 34.3 Å². The molecule has 164 valence electrons. The number of amides is 1. The summed E-state index contributed by atoms with van der Waals surface area (Å²) in [5.41, 5.74) is 3.66. The first-order valence-corrected chi connectivity index (χ1v) is 11.5. The second kappa shape index (κ2) is 8.84. The lowest BCUT2D eigenvalue weighted by Gasteiger charge is -2.14. The lowest BCUT2D eigenvalue weighted by Crippen LogP contribution is -2.32. The van der Waals surface area contributed by atoms with E-state index in [-0.39, 0.29) is 23.9 Å². The standard InChI is InChI=1S/C22H28N6O2S/c1-14-6-7-16(10-15(14)2)28-20-18(12-24-28)21(30)27-17(13-31-22(27)25-20)11-19(29)23-8-5-9-26(3)4/h6-7,10,12,17H,5,8-9,11,13H2,1-4H3,(H,23,29). The third kappa shape index (κ3) is 4.38. The van der Waals surface area contributed by atoms with Crippen LogP contribution in [0, 0.1) is 13.8 Å². The number of hydrogen-bond acceptors (Lipinski definition) is 6. The minimum atomic E-state index is -0.191. The topological polar surface area (TPSA) is 85.0 Å². The van der Waals surface area contributed by atoms with Crippen molar-refractivity contribution in [3.63, 3.8) is 0 Å². The molecule has 3 aromatic rings. The Bertz CT molecular complexity index is 1180. The molecule has 0 fully saturated rings. The Morgan fingerprint density at radius 3 is 2.84 bits per heavy atom. The van der Waals surface area contributed by atoms with Crippen LogP contribution in [0.3, 0.4) is 0 Å². The van der Waals surface area contributed by atoms with Crippen LogP contribution >= 0.6 is 11.8 Å². The normalized spacial score (nSPS) is 15.6. The maximum absolute atomic E-state index is 13.2. The fourth-order valence-electron chi connectivity index (χ4n) is 3.74. The molecule has 2 aromatic heterocycles. The van der Waals surface area contributed by atoms with E-state index in [1.165, 1.54) is 17.3 Å². The number of carbonyl (C=O) groups excluding carboxylic acids is 1. The first-order valence-electron chi connectivity index (χ1n) is 10.5. The zero-order valence-corrected chi connectivity index (χ0v) is 19.2. The van der Waals surface area contributed by atoms with E-state index in [2.05, 4.69) is 29.2 Å². The van der Waals surface area contributed by atoms with Gasteiger partial charge in [-0.15, -0.1) is 0 Å². The molecule has 1 unspecified atom stereocenters. The summed E-state index contributed by atoms with van der Waals surface area (Å²) in [7, 11) is 4.02. The van der Waals surface area contributed by atoms with Gasteiger partial charge in [-0.05, 0) is 64.2 Å². The van der Waals surface area contributed by atoms with E-state index in [4.69, 9.17) is 4.98 Å². The molecule has 4 rings (SSSR count). The molecule has 3 heterocycles. The van der Waals surface area contributed by atoms with Crippen molar-refractivity contribution in [2.24, 2.45) is 0 Å². The third-order valence-corrected chi connectivity index (χ3v) is 6.73. The van der Waals surface area contributed by atoms with Gasteiger partial charge in [-0.1, -0.05) is 17.8 Å². The van der Waals surface area contributed by atoms with Gasteiger partial charge < -0.3 is 10.2 Å². The predicted molar refractivity (Wildman–Crippen MR) is 123 cm³/mol. The molecule has 0 aliphatic carbocycles. The average Bonchev–Trinajstić information content (AvgIpc) is 3.32. The molecule has 0 saturated heterocycles. The van der Waals surface area contributed by atoms with Crippen molar-refractivity contribution >= 4 is 28.7 Å². The summed E-state index contributed by atoms with van der Waals surface area (Å²) in [6, 6.07) is 5.88. The highest BCUT2D eigenvalue weighted by Gasteiger charge is 2.29. The number of hydrogen-bond donors (Lipinski definition) is 1. The summed E-state index contributed by atoms with van der Waals surface area (Å²) in [5, 5.41) is 8.52. The molecule has 1 aliphatic heterocycles. The monoisotopic (exact) mass is 440 g/mol. The van der Waals surface area contributed by atoms with E-state index in [9.17, 15) is 9.59 Å². The van der Waals surface area contributed by atoms with Crippen molar-refractivity contribution in [3.8, 4) is 5.69 Å². The molecule has 0 spiro atoms. The van der Waals surface area contributed by atoms with Crippen LogP contribution in [0.4, 0.5) is 0 Å². The number of rotatable bonds is 7. The molecule has 1 atom stereocenters. The van der Waals surface area contributed by atoms with Gasteiger partial charge in [0.05, 0.1) is 17.9 Å². The third-order valence-electron chi connectivity index (χ3n) is 5.63. The summed E-state index contributed by atoms with van der Waals surface area (Å²) >= 11 is 1.52. The van der Waals surface area contributed by atoms with Gasteiger partial charge in [-0.3, -0.25) is 14.2 Å². The number of carbonyl (C=O) groups is 1. The average molecular weight is 441 g/mol. The number of benzene rings is 1. The molecule has 8 nitrogen and oxygen atoms in total. The summed E-state index contributed by atoms with van der Waals surface area (Å²) < 4.78 is 3.38. The fraction of sp³-hybridized carbons (Fsp3) is 0.455. The van der Waals surface area contributed by atoms with Crippen LogP contribution in [0.1, 0.15) is 30.0 Å². The van der Waals surface area contributed by atoms with Crippen LogP contribution in [0.25, 0.3) is 16.7 Å². The lowest BCUT2D eigenvalue weighted by atomic mass is 10.1. The van der Waals surface area contributed by atoms with Crippen molar-refractivity contribution in [1.29, 1.82) is 0 Å². The SMILES string of the molecule is Cc1ccc(-n2ncc3c(=O)n4c(nc32)SCC4CC(=O)NCCCN(C)C)cc1C. The zero-order valence-electron chi connectivity index (χ0n) is 18.4. The first kappa shape index (κ1) is 21.6. The number of fused-ring (bicyclic) bond motifs is 2. The summed E-state index contributed by atoms with van der Waals surface area (Å²) in [6.45, 7) is 5.68. The largest absolute Gasteiger partial charge is 0.356 e. The Kier molecular flexibility index (Phi) is 6.15. The lowest BCUT2D eigenvalue weighted by molar-refractivity contribution is -0.121. The molecular formula is C22H28N6O2S. The number of nitrogens with zero attached hydrogens (tertiary/aromatic N) is 5. The summed E-state index contributed by atoms with van der Waals surface area (Å²) in [4.78, 5) is 32.5. The van der Waals surface area contributed by atoms with Crippen molar-refractivity contribution in [1.82, 2.24) is 29.5 Å². The van der Waals surface area contributed by atoms with Gasteiger partial charge in [0.1, 0.15) is 5.39 Å². The van der Waals surface area contributed by atoms with Gasteiger partial charge in [0, 0.05) is 18.7 Å². The molecule has 1 aliphatic rings. The van der Waals surface area contributed by atoms with E-state index in [0.717, 1.165) is 24.2 Å². The zero-order chi connectivity index (χ0) is 22.1. The van der Waals surface area contributed by atoms with E-state index >= 15 is 0 Å². The number of aryl methyl sites for hydroxylation is 2. The van der Waals surface area contributed by atoms with Crippen LogP contribution in [0.5, 0.6) is 0 Å². The van der Waals surface area contributed by atoms with Crippen LogP contribution in [-0.2, 0) is 4.79 Å². The molecule has 1 aromatic carbocycles. The van der Waals surface area contributed by atoms with Crippen molar-refractivity contribution < 1.29 is 4.79 Å². The summed E-state index contributed by atoms with van der Waals surface area (Å²) in [5.74, 6) is 0.631.